The third-order valence-electron chi connectivity index (χ3n) is 5.48. The van der Waals surface area contributed by atoms with E-state index in [1.54, 1.807) is 6.20 Å². The molecule has 1 atom stereocenters. The zero-order valence-corrected chi connectivity index (χ0v) is 16.8. The summed E-state index contributed by atoms with van der Waals surface area (Å²) in [4.78, 5) is 17.5. The smallest absolute Gasteiger partial charge is 0.252 e. The first-order chi connectivity index (χ1) is 14.7. The van der Waals surface area contributed by atoms with E-state index >= 15 is 0 Å². The molecule has 2 N–H and O–H groups in total. The van der Waals surface area contributed by atoms with E-state index in [0.717, 1.165) is 29.8 Å². The predicted molar refractivity (Wildman–Crippen MR) is 116 cm³/mol. The van der Waals surface area contributed by atoms with Gasteiger partial charge in [-0.3, -0.25) is 9.69 Å². The molecule has 2 aromatic carbocycles. The van der Waals surface area contributed by atoms with Crippen molar-refractivity contribution in [2.75, 3.05) is 32.8 Å². The average molecular weight is 407 g/mol. The van der Waals surface area contributed by atoms with Crippen LogP contribution in [-0.2, 0) is 11.3 Å². The van der Waals surface area contributed by atoms with Crippen molar-refractivity contribution in [2.24, 2.45) is 0 Å². The van der Waals surface area contributed by atoms with E-state index in [9.17, 15) is 9.18 Å². The molecule has 1 unspecified atom stereocenters. The van der Waals surface area contributed by atoms with E-state index in [2.05, 4.69) is 15.2 Å². The molecule has 3 aromatic rings. The Morgan fingerprint density at radius 3 is 2.50 bits per heavy atom. The molecule has 6 heteroatoms. The molecule has 0 amide bonds. The third-order valence-corrected chi connectivity index (χ3v) is 5.48. The quantitative estimate of drug-likeness (QED) is 0.631. The molecule has 1 aromatic heterocycles. The number of nitrogens with one attached hydrogen (secondary N) is 2. The molecular weight excluding hydrogens is 381 g/mol. The minimum atomic E-state index is -0.239. The summed E-state index contributed by atoms with van der Waals surface area (Å²) in [5.41, 5.74) is 3.70. The SMILES string of the molecule is O=c1[nH]cc(-c2ccccc2)cc1CNCC(c1ccc(F)cc1)N1CCOCC1. The van der Waals surface area contributed by atoms with Crippen LogP contribution in [0.1, 0.15) is 17.2 Å². The highest BCUT2D eigenvalue weighted by Gasteiger charge is 2.22. The molecule has 1 aliphatic rings. The van der Waals surface area contributed by atoms with Crippen molar-refractivity contribution >= 4 is 0 Å². The summed E-state index contributed by atoms with van der Waals surface area (Å²) < 4.78 is 18.9. The maximum atomic E-state index is 13.4. The molecule has 0 saturated carbocycles. The monoisotopic (exact) mass is 407 g/mol. The number of nitrogens with zero attached hydrogens (tertiary/aromatic N) is 1. The van der Waals surface area contributed by atoms with Gasteiger partial charge in [0.25, 0.3) is 5.56 Å². The fraction of sp³-hybridized carbons (Fsp3) is 0.292. The fourth-order valence-corrected chi connectivity index (χ4v) is 3.83. The van der Waals surface area contributed by atoms with Crippen LogP contribution in [0.15, 0.2) is 71.7 Å². The molecule has 2 heterocycles. The molecule has 0 aliphatic carbocycles. The molecule has 156 valence electrons. The number of benzene rings is 2. The van der Waals surface area contributed by atoms with Gasteiger partial charge in [-0.25, -0.2) is 4.39 Å². The van der Waals surface area contributed by atoms with E-state index in [4.69, 9.17) is 4.74 Å². The van der Waals surface area contributed by atoms with Gasteiger partial charge >= 0.3 is 0 Å². The van der Waals surface area contributed by atoms with Gasteiger partial charge in [0.2, 0.25) is 0 Å². The number of H-pyrrole nitrogens is 1. The lowest BCUT2D eigenvalue weighted by Gasteiger charge is -2.35. The number of rotatable bonds is 7. The molecular formula is C24H26FN3O2. The summed E-state index contributed by atoms with van der Waals surface area (Å²) in [5.74, 6) is -0.239. The molecule has 1 saturated heterocycles. The van der Waals surface area contributed by atoms with Crippen molar-refractivity contribution < 1.29 is 9.13 Å². The Hall–Kier alpha value is -2.80. The summed E-state index contributed by atoms with van der Waals surface area (Å²) in [6.45, 7) is 4.15. The predicted octanol–water partition coefficient (Wildman–Crippen LogP) is 3.34. The van der Waals surface area contributed by atoms with Crippen molar-refractivity contribution in [1.29, 1.82) is 0 Å². The molecule has 4 rings (SSSR count). The van der Waals surface area contributed by atoms with Crippen molar-refractivity contribution in [3.8, 4) is 11.1 Å². The molecule has 1 fully saturated rings. The van der Waals surface area contributed by atoms with Crippen molar-refractivity contribution in [2.45, 2.75) is 12.6 Å². The Kier molecular flexibility index (Phi) is 6.69. The third kappa shape index (κ3) is 5.02. The van der Waals surface area contributed by atoms with E-state index in [0.29, 0.717) is 31.9 Å². The van der Waals surface area contributed by atoms with Gasteiger partial charge in [-0.05, 0) is 34.9 Å². The number of hydrogen-bond acceptors (Lipinski definition) is 4. The molecule has 1 aliphatic heterocycles. The largest absolute Gasteiger partial charge is 0.379 e. The van der Waals surface area contributed by atoms with Crippen LogP contribution in [0.2, 0.25) is 0 Å². The highest BCUT2D eigenvalue weighted by atomic mass is 19.1. The van der Waals surface area contributed by atoms with Gasteiger partial charge in [0, 0.05) is 44.0 Å². The van der Waals surface area contributed by atoms with Crippen LogP contribution in [0.3, 0.4) is 0 Å². The van der Waals surface area contributed by atoms with Gasteiger partial charge in [0.1, 0.15) is 5.82 Å². The highest BCUT2D eigenvalue weighted by Crippen LogP contribution is 2.22. The van der Waals surface area contributed by atoms with Crippen LogP contribution < -0.4 is 10.9 Å². The Bertz CT molecular complexity index is 999. The Morgan fingerprint density at radius 2 is 1.77 bits per heavy atom. The lowest BCUT2D eigenvalue weighted by Crippen LogP contribution is -2.43. The van der Waals surface area contributed by atoms with Crippen LogP contribution >= 0.6 is 0 Å². The fourth-order valence-electron chi connectivity index (χ4n) is 3.83. The molecule has 0 bridgehead atoms. The Morgan fingerprint density at radius 1 is 1.03 bits per heavy atom. The van der Waals surface area contributed by atoms with E-state index in [1.165, 1.54) is 12.1 Å². The first-order valence-corrected chi connectivity index (χ1v) is 10.3. The number of hydrogen-bond donors (Lipinski definition) is 2. The minimum Gasteiger partial charge on any atom is -0.379 e. The van der Waals surface area contributed by atoms with Gasteiger partial charge in [-0.15, -0.1) is 0 Å². The Balaban J connectivity index is 1.47. The number of halogens is 1. The summed E-state index contributed by atoms with van der Waals surface area (Å²) in [5, 5.41) is 3.44. The molecule has 0 spiro atoms. The second kappa shape index (κ2) is 9.80. The summed E-state index contributed by atoms with van der Waals surface area (Å²) in [7, 11) is 0. The van der Waals surface area contributed by atoms with Crippen molar-refractivity contribution in [3.05, 3.63) is 94.2 Å². The summed E-state index contributed by atoms with van der Waals surface area (Å²) >= 11 is 0. The van der Waals surface area contributed by atoms with E-state index < -0.39 is 0 Å². The lowest BCUT2D eigenvalue weighted by molar-refractivity contribution is 0.0161. The van der Waals surface area contributed by atoms with Crippen LogP contribution in [0, 0.1) is 5.82 Å². The second-order valence-electron chi connectivity index (χ2n) is 7.46. The first-order valence-electron chi connectivity index (χ1n) is 10.3. The zero-order valence-electron chi connectivity index (χ0n) is 16.8. The van der Waals surface area contributed by atoms with Gasteiger partial charge in [-0.2, -0.15) is 0 Å². The molecule has 5 nitrogen and oxygen atoms in total. The van der Waals surface area contributed by atoms with Gasteiger partial charge < -0.3 is 15.0 Å². The minimum absolute atomic E-state index is 0.0888. The molecule has 30 heavy (non-hydrogen) atoms. The second-order valence-corrected chi connectivity index (χ2v) is 7.46. The van der Waals surface area contributed by atoms with Crippen LogP contribution in [-0.4, -0.2) is 42.7 Å². The maximum Gasteiger partial charge on any atom is 0.252 e. The van der Waals surface area contributed by atoms with Crippen LogP contribution in [0.5, 0.6) is 0 Å². The number of morpholine rings is 1. The lowest BCUT2D eigenvalue weighted by atomic mass is 10.0. The standard InChI is InChI=1S/C24H26FN3O2/c25-22-8-6-19(7-9-22)23(28-10-12-30-13-11-28)17-26-15-21-14-20(16-27-24(21)29)18-4-2-1-3-5-18/h1-9,14,16,23,26H,10-13,15,17H2,(H,27,29). The number of pyridine rings is 1. The molecule has 0 radical (unpaired) electrons. The number of ether oxygens (including phenoxy) is 1. The number of aromatic amines is 1. The number of aromatic nitrogens is 1. The van der Waals surface area contributed by atoms with Gasteiger partial charge in [-0.1, -0.05) is 42.5 Å². The van der Waals surface area contributed by atoms with E-state index in [1.807, 2.05) is 48.5 Å². The van der Waals surface area contributed by atoms with Crippen molar-refractivity contribution in [3.63, 3.8) is 0 Å². The highest BCUT2D eigenvalue weighted by molar-refractivity contribution is 5.62. The van der Waals surface area contributed by atoms with Crippen LogP contribution in [0.25, 0.3) is 11.1 Å². The summed E-state index contributed by atoms with van der Waals surface area (Å²) in [6, 6.07) is 18.7. The van der Waals surface area contributed by atoms with Gasteiger partial charge in [0.05, 0.1) is 13.2 Å². The first kappa shape index (κ1) is 20.5. The van der Waals surface area contributed by atoms with Crippen LogP contribution in [0.4, 0.5) is 4.39 Å². The Labute approximate surface area is 175 Å². The van der Waals surface area contributed by atoms with Crippen molar-refractivity contribution in [1.82, 2.24) is 15.2 Å². The topological polar surface area (TPSA) is 57.4 Å². The van der Waals surface area contributed by atoms with E-state index in [-0.39, 0.29) is 17.4 Å². The zero-order chi connectivity index (χ0) is 20.8. The maximum absolute atomic E-state index is 13.4. The van der Waals surface area contributed by atoms with Gasteiger partial charge in [0.15, 0.2) is 0 Å². The normalized spacial score (nSPS) is 15.8. The average Bonchev–Trinajstić information content (AvgIpc) is 2.80. The summed E-state index contributed by atoms with van der Waals surface area (Å²) in [6.07, 6.45) is 1.75.